The molecule has 0 spiro atoms. The van der Waals surface area contributed by atoms with Crippen LogP contribution in [-0.2, 0) is 14.8 Å². The maximum Gasteiger partial charge on any atom is 0.239 e. The molecule has 2 N–H and O–H groups in total. The largest absolute Gasteiger partial charge is 0.338 e. The predicted molar refractivity (Wildman–Crippen MR) is 70.5 cm³/mol. The van der Waals surface area contributed by atoms with Crippen molar-refractivity contribution in [3.05, 3.63) is 0 Å². The Hall–Kier alpha value is -0.660. The number of carbonyl (C=O) groups excluding carboxylic acids is 1. The molecule has 0 aromatic heterocycles. The number of amides is 1. The second kappa shape index (κ2) is 5.99. The molecule has 106 valence electrons. The van der Waals surface area contributed by atoms with Crippen LogP contribution in [-0.4, -0.2) is 61.5 Å². The van der Waals surface area contributed by atoms with Gasteiger partial charge in [0.15, 0.2) is 0 Å². The number of hydrogen-bond donors (Lipinski definition) is 1. The summed E-state index contributed by atoms with van der Waals surface area (Å²) in [6, 6.07) is -0.654. The summed E-state index contributed by atoms with van der Waals surface area (Å²) < 4.78 is 24.4. The molecule has 0 radical (unpaired) electrons. The Morgan fingerprint density at radius 1 is 1.44 bits per heavy atom. The molecule has 18 heavy (non-hydrogen) atoms. The lowest BCUT2D eigenvalue weighted by molar-refractivity contribution is -0.134. The Morgan fingerprint density at radius 2 is 2.06 bits per heavy atom. The predicted octanol–water partition coefficient (Wildman–Crippen LogP) is -0.394. The monoisotopic (exact) mass is 277 g/mol. The Kier molecular flexibility index (Phi) is 5.12. The van der Waals surface area contributed by atoms with Crippen LogP contribution in [0.2, 0.25) is 0 Å². The van der Waals surface area contributed by atoms with Gasteiger partial charge in [0.2, 0.25) is 15.9 Å². The molecule has 1 rings (SSSR count). The SMILES string of the molecule is CCC[C@@H](N)C(=O)N1CCN(S(C)(=O)=O)[C@@H](C)C1. The molecule has 1 aliphatic rings. The molecular weight excluding hydrogens is 254 g/mol. The lowest BCUT2D eigenvalue weighted by Crippen LogP contribution is -2.57. The summed E-state index contributed by atoms with van der Waals surface area (Å²) in [6.45, 7) is 4.99. The smallest absolute Gasteiger partial charge is 0.239 e. The van der Waals surface area contributed by atoms with Gasteiger partial charge in [-0.3, -0.25) is 4.79 Å². The average molecular weight is 277 g/mol. The molecule has 1 amide bonds. The van der Waals surface area contributed by atoms with Crippen LogP contribution in [0.15, 0.2) is 0 Å². The first-order valence-electron chi connectivity index (χ1n) is 6.28. The number of nitrogens with two attached hydrogens (primary N) is 1. The molecule has 1 heterocycles. The van der Waals surface area contributed by atoms with Gasteiger partial charge in [-0.05, 0) is 13.3 Å². The molecule has 0 unspecified atom stereocenters. The van der Waals surface area contributed by atoms with Crippen molar-refractivity contribution < 1.29 is 13.2 Å². The summed E-state index contributed by atoms with van der Waals surface area (Å²) in [5, 5.41) is 0. The van der Waals surface area contributed by atoms with Gasteiger partial charge < -0.3 is 10.6 Å². The topological polar surface area (TPSA) is 83.7 Å². The van der Waals surface area contributed by atoms with Gasteiger partial charge >= 0.3 is 0 Å². The van der Waals surface area contributed by atoms with Gasteiger partial charge in [0.25, 0.3) is 0 Å². The van der Waals surface area contributed by atoms with Crippen LogP contribution in [0.3, 0.4) is 0 Å². The van der Waals surface area contributed by atoms with Crippen molar-refractivity contribution in [2.75, 3.05) is 25.9 Å². The highest BCUT2D eigenvalue weighted by Crippen LogP contribution is 2.14. The van der Waals surface area contributed by atoms with Crippen LogP contribution in [0, 0.1) is 0 Å². The van der Waals surface area contributed by atoms with E-state index in [1.807, 2.05) is 13.8 Å². The van der Waals surface area contributed by atoms with E-state index in [9.17, 15) is 13.2 Å². The van der Waals surface area contributed by atoms with Gasteiger partial charge in [0.05, 0.1) is 12.3 Å². The number of rotatable bonds is 4. The molecule has 1 aliphatic heterocycles. The number of piperazine rings is 1. The van der Waals surface area contributed by atoms with Crippen LogP contribution in [0.25, 0.3) is 0 Å². The molecule has 6 nitrogen and oxygen atoms in total. The summed E-state index contributed by atoms with van der Waals surface area (Å²) in [5.41, 5.74) is 5.80. The van der Waals surface area contributed by atoms with E-state index in [0.717, 1.165) is 6.42 Å². The Labute approximate surface area is 109 Å². The Morgan fingerprint density at radius 3 is 2.50 bits per heavy atom. The van der Waals surface area contributed by atoms with E-state index in [2.05, 4.69) is 0 Å². The maximum atomic E-state index is 12.0. The fourth-order valence-corrected chi connectivity index (χ4v) is 3.44. The van der Waals surface area contributed by atoms with Crippen molar-refractivity contribution >= 4 is 15.9 Å². The van der Waals surface area contributed by atoms with Gasteiger partial charge in [-0.2, -0.15) is 4.31 Å². The van der Waals surface area contributed by atoms with Crippen LogP contribution < -0.4 is 5.73 Å². The normalized spacial score (nSPS) is 24.0. The average Bonchev–Trinajstić information content (AvgIpc) is 2.26. The van der Waals surface area contributed by atoms with Crippen LogP contribution in [0.1, 0.15) is 26.7 Å². The highest BCUT2D eigenvalue weighted by atomic mass is 32.2. The fraction of sp³-hybridized carbons (Fsp3) is 0.909. The summed E-state index contributed by atoms with van der Waals surface area (Å²) in [7, 11) is -3.19. The Bertz CT molecular complexity index is 396. The number of hydrogen-bond acceptors (Lipinski definition) is 4. The first-order valence-corrected chi connectivity index (χ1v) is 8.13. The second-order valence-corrected chi connectivity index (χ2v) is 6.84. The summed E-state index contributed by atoms with van der Waals surface area (Å²) in [4.78, 5) is 13.7. The van der Waals surface area contributed by atoms with Crippen molar-refractivity contribution in [3.63, 3.8) is 0 Å². The molecule has 7 heteroatoms. The number of nitrogens with zero attached hydrogens (tertiary/aromatic N) is 2. The third-order valence-corrected chi connectivity index (χ3v) is 4.62. The first kappa shape index (κ1) is 15.4. The zero-order chi connectivity index (χ0) is 13.9. The van der Waals surface area contributed by atoms with E-state index in [1.54, 1.807) is 4.90 Å². The zero-order valence-corrected chi connectivity index (χ0v) is 12.1. The van der Waals surface area contributed by atoms with Gasteiger partial charge in [-0.25, -0.2) is 8.42 Å². The van der Waals surface area contributed by atoms with Crippen LogP contribution >= 0.6 is 0 Å². The van der Waals surface area contributed by atoms with Gasteiger partial charge in [0.1, 0.15) is 0 Å². The van der Waals surface area contributed by atoms with Crippen LogP contribution in [0.4, 0.5) is 0 Å². The van der Waals surface area contributed by atoms with Crippen molar-refractivity contribution in [3.8, 4) is 0 Å². The van der Waals surface area contributed by atoms with E-state index in [4.69, 9.17) is 5.73 Å². The zero-order valence-electron chi connectivity index (χ0n) is 11.3. The van der Waals surface area contributed by atoms with E-state index >= 15 is 0 Å². The number of carbonyl (C=O) groups is 1. The summed E-state index contributed by atoms with van der Waals surface area (Å²) >= 11 is 0. The molecule has 0 aromatic rings. The molecule has 2 atom stereocenters. The summed E-state index contributed by atoms with van der Waals surface area (Å²) in [6.07, 6.45) is 2.73. The number of sulfonamides is 1. The van der Waals surface area contributed by atoms with E-state index in [1.165, 1.54) is 10.6 Å². The minimum atomic E-state index is -3.19. The molecule has 0 aliphatic carbocycles. The van der Waals surface area contributed by atoms with Gasteiger partial charge in [-0.15, -0.1) is 0 Å². The van der Waals surface area contributed by atoms with Crippen LogP contribution in [0.5, 0.6) is 0 Å². The van der Waals surface area contributed by atoms with E-state index < -0.39 is 16.1 Å². The minimum Gasteiger partial charge on any atom is -0.338 e. The van der Waals surface area contributed by atoms with E-state index in [0.29, 0.717) is 26.1 Å². The molecule has 0 aromatic carbocycles. The molecule has 1 saturated heterocycles. The third-order valence-electron chi connectivity index (χ3n) is 3.22. The highest BCUT2D eigenvalue weighted by molar-refractivity contribution is 7.88. The lowest BCUT2D eigenvalue weighted by Gasteiger charge is -2.39. The molecule has 1 fully saturated rings. The molecular formula is C11H23N3O3S. The molecule has 0 bridgehead atoms. The van der Waals surface area contributed by atoms with Crippen molar-refractivity contribution in [2.45, 2.75) is 38.8 Å². The standard InChI is InChI=1S/C11H23N3O3S/c1-4-5-10(12)11(15)13-6-7-14(9(2)8-13)18(3,16)17/h9-10H,4-8,12H2,1-3H3/t9-,10+/m0/s1. The van der Waals surface area contributed by atoms with E-state index in [-0.39, 0.29) is 11.9 Å². The summed E-state index contributed by atoms with van der Waals surface area (Å²) in [5.74, 6) is -0.0724. The maximum absolute atomic E-state index is 12.0. The van der Waals surface area contributed by atoms with Gasteiger partial charge in [0, 0.05) is 25.7 Å². The van der Waals surface area contributed by atoms with Crippen molar-refractivity contribution in [1.29, 1.82) is 0 Å². The minimum absolute atomic E-state index is 0.0724. The Balaban J connectivity index is 2.64. The quantitative estimate of drug-likeness (QED) is 0.758. The lowest BCUT2D eigenvalue weighted by atomic mass is 10.1. The molecule has 0 saturated carbocycles. The third kappa shape index (κ3) is 3.66. The van der Waals surface area contributed by atoms with Crippen molar-refractivity contribution in [2.24, 2.45) is 5.73 Å². The first-order chi connectivity index (χ1) is 8.27. The highest BCUT2D eigenvalue weighted by Gasteiger charge is 2.33. The van der Waals surface area contributed by atoms with Crippen molar-refractivity contribution in [1.82, 2.24) is 9.21 Å². The van der Waals surface area contributed by atoms with Gasteiger partial charge in [-0.1, -0.05) is 13.3 Å². The fourth-order valence-electron chi connectivity index (χ4n) is 2.30. The second-order valence-electron chi connectivity index (χ2n) is 4.90.